The number of hydrogen-bond acceptors (Lipinski definition) is 3. The Balaban J connectivity index is 1.80. The minimum atomic E-state index is -2.01. The predicted octanol–water partition coefficient (Wildman–Crippen LogP) is 7.48. The van der Waals surface area contributed by atoms with Crippen molar-refractivity contribution in [1.82, 2.24) is 0 Å². The summed E-state index contributed by atoms with van der Waals surface area (Å²) in [5.41, 5.74) is 5.93. The van der Waals surface area contributed by atoms with E-state index in [1.54, 1.807) is 0 Å². The molecule has 3 aromatic carbocycles. The SMILES string of the molecule is Cc1ccc2c(c1)C(C)(C)c1cc(O[Si](C)(C)C(C)(C)C)ccc1C21OC(=O)c2ccccc21. The monoisotopic (exact) mass is 470 g/mol. The molecule has 1 aliphatic heterocycles. The molecule has 34 heavy (non-hydrogen) atoms. The molecule has 1 spiro atoms. The fourth-order valence-corrected chi connectivity index (χ4v) is 6.27. The van der Waals surface area contributed by atoms with Gasteiger partial charge in [0.15, 0.2) is 5.60 Å². The molecule has 0 saturated heterocycles. The Hall–Kier alpha value is -2.85. The summed E-state index contributed by atoms with van der Waals surface area (Å²) in [5, 5.41) is 0.100. The van der Waals surface area contributed by atoms with E-state index in [-0.39, 0.29) is 16.4 Å². The Labute approximate surface area is 204 Å². The van der Waals surface area contributed by atoms with Crippen molar-refractivity contribution >= 4 is 14.3 Å². The van der Waals surface area contributed by atoms with E-state index in [2.05, 4.69) is 91.0 Å². The third-order valence-corrected chi connectivity index (χ3v) is 12.6. The van der Waals surface area contributed by atoms with Crippen LogP contribution in [0.4, 0.5) is 0 Å². The van der Waals surface area contributed by atoms with Crippen LogP contribution in [0.3, 0.4) is 0 Å². The predicted molar refractivity (Wildman–Crippen MR) is 139 cm³/mol. The minimum absolute atomic E-state index is 0.100. The average Bonchev–Trinajstić information content (AvgIpc) is 3.05. The zero-order chi connectivity index (χ0) is 24.7. The van der Waals surface area contributed by atoms with Gasteiger partial charge in [-0.15, -0.1) is 0 Å². The van der Waals surface area contributed by atoms with Crippen molar-refractivity contribution in [2.45, 2.75) is 70.7 Å². The van der Waals surface area contributed by atoms with Crippen molar-refractivity contribution in [2.24, 2.45) is 0 Å². The highest BCUT2D eigenvalue weighted by molar-refractivity contribution is 6.74. The Morgan fingerprint density at radius 1 is 0.824 bits per heavy atom. The second kappa shape index (κ2) is 7.08. The molecule has 1 heterocycles. The lowest BCUT2D eigenvalue weighted by Crippen LogP contribution is -2.44. The van der Waals surface area contributed by atoms with Crippen LogP contribution in [0.15, 0.2) is 60.7 Å². The zero-order valence-electron chi connectivity index (χ0n) is 21.5. The molecular formula is C30H34O3Si. The van der Waals surface area contributed by atoms with Crippen LogP contribution in [0.2, 0.25) is 18.1 Å². The molecule has 4 heteroatoms. The van der Waals surface area contributed by atoms with Crippen molar-refractivity contribution in [3.8, 4) is 5.75 Å². The van der Waals surface area contributed by atoms with Gasteiger partial charge in [-0.3, -0.25) is 0 Å². The van der Waals surface area contributed by atoms with Gasteiger partial charge in [-0.1, -0.05) is 82.6 Å². The lowest BCUT2D eigenvalue weighted by Gasteiger charge is -2.45. The van der Waals surface area contributed by atoms with Gasteiger partial charge in [-0.2, -0.15) is 0 Å². The average molecular weight is 471 g/mol. The Morgan fingerprint density at radius 3 is 2.12 bits per heavy atom. The van der Waals surface area contributed by atoms with Crippen LogP contribution in [0, 0.1) is 6.92 Å². The van der Waals surface area contributed by atoms with Crippen molar-refractivity contribution in [3.05, 3.63) is 99.6 Å². The first-order chi connectivity index (χ1) is 15.8. The summed E-state index contributed by atoms with van der Waals surface area (Å²) in [7, 11) is -2.01. The Kier molecular flexibility index (Phi) is 4.77. The van der Waals surface area contributed by atoms with Gasteiger partial charge in [0.2, 0.25) is 8.32 Å². The maximum Gasteiger partial charge on any atom is 0.340 e. The second-order valence-electron chi connectivity index (χ2n) is 11.9. The molecule has 1 unspecified atom stereocenters. The maximum absolute atomic E-state index is 13.1. The highest BCUT2D eigenvalue weighted by atomic mass is 28.4. The number of ether oxygens (including phenoxy) is 1. The molecule has 2 aliphatic rings. The first-order valence-corrected chi connectivity index (χ1v) is 15.0. The van der Waals surface area contributed by atoms with Crippen LogP contribution in [0.1, 0.15) is 78.4 Å². The molecule has 176 valence electrons. The van der Waals surface area contributed by atoms with Crippen LogP contribution in [-0.2, 0) is 15.8 Å². The van der Waals surface area contributed by atoms with Gasteiger partial charge in [-0.25, -0.2) is 4.79 Å². The van der Waals surface area contributed by atoms with E-state index < -0.39 is 13.9 Å². The molecule has 0 fully saturated rings. The van der Waals surface area contributed by atoms with Crippen LogP contribution in [0.25, 0.3) is 0 Å². The topological polar surface area (TPSA) is 35.5 Å². The molecule has 3 aromatic rings. The number of carbonyl (C=O) groups is 1. The molecule has 0 aromatic heterocycles. The highest BCUT2D eigenvalue weighted by Gasteiger charge is 2.55. The van der Waals surface area contributed by atoms with E-state index in [1.807, 2.05) is 24.3 Å². The molecule has 0 amide bonds. The molecule has 0 bridgehead atoms. The number of fused-ring (bicyclic) bond motifs is 6. The molecule has 5 rings (SSSR count). The van der Waals surface area contributed by atoms with Crippen molar-refractivity contribution < 1.29 is 14.0 Å². The standard InChI is InChI=1S/C30H34O3Si/c1-19-13-15-23-25(17-19)29(5,6)26-18-20(33-34(7,8)28(2,3)4)14-16-24(26)30(23)22-12-10-9-11-21(22)27(31)32-30/h9-18H,1-8H3. The molecule has 0 N–H and O–H groups in total. The van der Waals surface area contributed by atoms with E-state index in [0.29, 0.717) is 5.56 Å². The fourth-order valence-electron chi connectivity index (χ4n) is 5.25. The number of aryl methyl sites for hydroxylation is 1. The van der Waals surface area contributed by atoms with Crippen molar-refractivity contribution in [3.63, 3.8) is 0 Å². The van der Waals surface area contributed by atoms with Gasteiger partial charge >= 0.3 is 5.97 Å². The van der Waals surface area contributed by atoms with Gasteiger partial charge in [0, 0.05) is 22.1 Å². The van der Waals surface area contributed by atoms with Crippen molar-refractivity contribution in [1.29, 1.82) is 0 Å². The second-order valence-corrected chi connectivity index (χ2v) is 16.6. The third kappa shape index (κ3) is 3.04. The fraction of sp³-hybridized carbons (Fsp3) is 0.367. The van der Waals surface area contributed by atoms with Crippen LogP contribution < -0.4 is 4.43 Å². The summed E-state index contributed by atoms with van der Waals surface area (Å²) >= 11 is 0. The van der Waals surface area contributed by atoms with Crippen LogP contribution >= 0.6 is 0 Å². The summed E-state index contributed by atoms with van der Waals surface area (Å²) in [6.07, 6.45) is 0. The van der Waals surface area contributed by atoms with E-state index >= 15 is 0 Å². The van der Waals surface area contributed by atoms with Gasteiger partial charge in [0.25, 0.3) is 0 Å². The quantitative estimate of drug-likeness (QED) is 0.288. The molecule has 1 atom stereocenters. The zero-order valence-corrected chi connectivity index (χ0v) is 22.5. The minimum Gasteiger partial charge on any atom is -0.543 e. The number of benzene rings is 3. The largest absolute Gasteiger partial charge is 0.543 e. The van der Waals surface area contributed by atoms with Gasteiger partial charge in [0.05, 0.1) is 5.56 Å². The van der Waals surface area contributed by atoms with E-state index in [0.717, 1.165) is 28.0 Å². The first kappa shape index (κ1) is 22.9. The summed E-state index contributed by atoms with van der Waals surface area (Å²) in [5.74, 6) is 0.622. The van der Waals surface area contributed by atoms with Crippen molar-refractivity contribution in [2.75, 3.05) is 0 Å². The van der Waals surface area contributed by atoms with Gasteiger partial charge in [0.1, 0.15) is 5.75 Å². The third-order valence-electron chi connectivity index (χ3n) is 8.22. The molecule has 3 nitrogen and oxygen atoms in total. The summed E-state index contributed by atoms with van der Waals surface area (Å²) < 4.78 is 13.1. The Bertz CT molecular complexity index is 1330. The molecule has 0 radical (unpaired) electrons. The maximum atomic E-state index is 13.1. The van der Waals surface area contributed by atoms with E-state index in [1.165, 1.54) is 11.1 Å². The lowest BCUT2D eigenvalue weighted by atomic mass is 9.61. The lowest BCUT2D eigenvalue weighted by molar-refractivity contribution is 0.0231. The summed E-state index contributed by atoms with van der Waals surface area (Å²) in [6, 6.07) is 20.7. The number of carbonyl (C=O) groups excluding carboxylic acids is 1. The summed E-state index contributed by atoms with van der Waals surface area (Å²) in [4.78, 5) is 13.1. The van der Waals surface area contributed by atoms with Crippen LogP contribution in [-0.4, -0.2) is 14.3 Å². The first-order valence-electron chi connectivity index (χ1n) is 12.1. The van der Waals surface area contributed by atoms with Crippen LogP contribution in [0.5, 0.6) is 5.75 Å². The number of hydrogen-bond donors (Lipinski definition) is 0. The molecule has 0 saturated carbocycles. The number of rotatable bonds is 2. The van der Waals surface area contributed by atoms with E-state index in [4.69, 9.17) is 9.16 Å². The molecular weight excluding hydrogens is 436 g/mol. The summed E-state index contributed by atoms with van der Waals surface area (Å²) in [6.45, 7) is 17.9. The van der Waals surface area contributed by atoms with E-state index in [9.17, 15) is 4.79 Å². The smallest absolute Gasteiger partial charge is 0.340 e. The number of esters is 1. The van der Waals surface area contributed by atoms with Gasteiger partial charge < -0.3 is 9.16 Å². The normalized spacial score (nSPS) is 20.4. The molecule has 1 aliphatic carbocycles. The Morgan fingerprint density at radius 2 is 1.44 bits per heavy atom. The van der Waals surface area contributed by atoms with Gasteiger partial charge in [-0.05, 0) is 54.4 Å². The highest BCUT2D eigenvalue weighted by Crippen LogP contribution is 2.57.